The topological polar surface area (TPSA) is 113 Å². The van der Waals surface area contributed by atoms with Crippen molar-refractivity contribution in [3.8, 4) is 0 Å². The normalized spacial score (nSPS) is 20.9. The van der Waals surface area contributed by atoms with Crippen molar-refractivity contribution in [1.82, 2.24) is 5.32 Å². The molecule has 2 unspecified atom stereocenters. The summed E-state index contributed by atoms with van der Waals surface area (Å²) < 4.78 is 0. The molecule has 23 heavy (non-hydrogen) atoms. The second kappa shape index (κ2) is 9.30. The molecule has 5 N–H and O–H groups in total. The van der Waals surface area contributed by atoms with Crippen molar-refractivity contribution in [2.45, 2.75) is 52.2 Å². The van der Waals surface area contributed by atoms with Crippen LogP contribution in [-0.2, 0) is 9.59 Å². The van der Waals surface area contributed by atoms with Gasteiger partial charge in [-0.05, 0) is 36.9 Å². The smallest absolute Gasteiger partial charge is 0.352 e. The molecule has 2 atom stereocenters. The zero-order valence-electron chi connectivity index (χ0n) is 13.9. The zero-order chi connectivity index (χ0) is 17.5. The first kappa shape index (κ1) is 20.0. The third-order valence-electron chi connectivity index (χ3n) is 3.95. The van der Waals surface area contributed by atoms with Crippen LogP contribution in [0.5, 0.6) is 0 Å². The van der Waals surface area contributed by atoms with Crippen LogP contribution in [0, 0.1) is 11.3 Å². The van der Waals surface area contributed by atoms with E-state index in [0.29, 0.717) is 12.2 Å². The van der Waals surface area contributed by atoms with Gasteiger partial charge in [-0.15, -0.1) is 0 Å². The lowest BCUT2D eigenvalue weighted by Crippen LogP contribution is -2.29. The van der Waals surface area contributed by atoms with Gasteiger partial charge in [0.2, 0.25) is 5.91 Å². The highest BCUT2D eigenvalue weighted by atomic mass is 32.2. The zero-order valence-corrected chi connectivity index (χ0v) is 14.7. The summed E-state index contributed by atoms with van der Waals surface area (Å²) in [6.45, 7) is 4.01. The van der Waals surface area contributed by atoms with Crippen molar-refractivity contribution in [1.29, 1.82) is 0 Å². The molecule has 0 spiro atoms. The number of aliphatic hydroxyl groups excluding tert-OH is 1. The molecule has 132 valence electrons. The summed E-state index contributed by atoms with van der Waals surface area (Å²) in [5.41, 5.74) is 5.21. The second-order valence-electron chi connectivity index (χ2n) is 6.65. The van der Waals surface area contributed by atoms with Crippen molar-refractivity contribution in [2.75, 3.05) is 11.5 Å². The fourth-order valence-corrected chi connectivity index (χ4v) is 3.12. The summed E-state index contributed by atoms with van der Waals surface area (Å²) in [7, 11) is 0. The fourth-order valence-electron chi connectivity index (χ4n) is 2.30. The monoisotopic (exact) mass is 344 g/mol. The van der Waals surface area contributed by atoms with Gasteiger partial charge >= 0.3 is 5.97 Å². The highest BCUT2D eigenvalue weighted by Gasteiger charge is 2.50. The molecule has 0 bridgehead atoms. The van der Waals surface area contributed by atoms with E-state index < -0.39 is 12.2 Å². The summed E-state index contributed by atoms with van der Waals surface area (Å²) in [6, 6.07) is 0. The lowest BCUT2D eigenvalue weighted by Gasteiger charge is -2.07. The van der Waals surface area contributed by atoms with Gasteiger partial charge in [-0.2, -0.15) is 11.8 Å². The molecule has 0 aromatic heterocycles. The number of carbonyl (C=O) groups excluding carboxylic acids is 1. The maximum atomic E-state index is 11.9. The minimum atomic E-state index is -1.09. The van der Waals surface area contributed by atoms with Crippen LogP contribution in [0.2, 0.25) is 0 Å². The molecule has 1 fully saturated rings. The van der Waals surface area contributed by atoms with Gasteiger partial charge in [0.05, 0.1) is 0 Å². The van der Waals surface area contributed by atoms with E-state index in [1.165, 1.54) is 0 Å². The van der Waals surface area contributed by atoms with Crippen LogP contribution in [-0.4, -0.2) is 39.8 Å². The molecular formula is C16H28N2O4S. The van der Waals surface area contributed by atoms with Crippen molar-refractivity contribution in [3.63, 3.8) is 0 Å². The Morgan fingerprint density at radius 3 is 2.57 bits per heavy atom. The van der Waals surface area contributed by atoms with Crippen LogP contribution < -0.4 is 11.1 Å². The van der Waals surface area contributed by atoms with E-state index in [0.717, 1.165) is 31.4 Å². The third-order valence-corrected chi connectivity index (χ3v) is 5.10. The van der Waals surface area contributed by atoms with Gasteiger partial charge in [0.1, 0.15) is 11.9 Å². The Bertz CT molecular complexity index is 449. The number of hydrogen-bond acceptors (Lipinski definition) is 5. The van der Waals surface area contributed by atoms with Gasteiger partial charge in [0.15, 0.2) is 0 Å². The predicted molar refractivity (Wildman–Crippen MR) is 91.7 cm³/mol. The Morgan fingerprint density at radius 2 is 2.04 bits per heavy atom. The average molecular weight is 344 g/mol. The Hall–Kier alpha value is -1.05. The molecule has 1 amide bonds. The molecule has 0 radical (unpaired) electrons. The maximum Gasteiger partial charge on any atom is 0.352 e. The molecule has 0 aromatic rings. The SMILES string of the molecule is CC1(C)CC1C(=O)N/C(=C/CCCCCSCC(N)O)C(=O)O. The standard InChI is InChI=1S/C16H28N2O4S/c1-16(2)9-11(16)14(20)18-12(15(21)22)7-5-3-4-6-8-23-10-13(17)19/h7,11,13,19H,3-6,8-10,17H2,1-2H3,(H,18,20)(H,21,22)/b12-7+. The van der Waals surface area contributed by atoms with Crippen molar-refractivity contribution in [3.05, 3.63) is 11.8 Å². The van der Waals surface area contributed by atoms with Crippen molar-refractivity contribution >= 4 is 23.6 Å². The van der Waals surface area contributed by atoms with Crippen LogP contribution in [0.25, 0.3) is 0 Å². The van der Waals surface area contributed by atoms with E-state index in [9.17, 15) is 9.59 Å². The molecule has 1 aliphatic carbocycles. The molecule has 0 saturated heterocycles. The van der Waals surface area contributed by atoms with Gasteiger partial charge in [0.25, 0.3) is 0 Å². The van der Waals surface area contributed by atoms with Gasteiger partial charge in [0, 0.05) is 11.7 Å². The molecule has 0 aromatic carbocycles. The third kappa shape index (κ3) is 7.85. The van der Waals surface area contributed by atoms with Crippen LogP contribution in [0.1, 0.15) is 46.0 Å². The van der Waals surface area contributed by atoms with Gasteiger partial charge < -0.3 is 21.3 Å². The van der Waals surface area contributed by atoms with Gasteiger partial charge in [-0.3, -0.25) is 4.79 Å². The Balaban J connectivity index is 2.22. The number of amides is 1. The lowest BCUT2D eigenvalue weighted by atomic mass is 10.1. The van der Waals surface area contributed by atoms with Crippen LogP contribution in [0.15, 0.2) is 11.8 Å². The summed E-state index contributed by atoms with van der Waals surface area (Å²) in [6.07, 6.45) is 5.10. The molecule has 0 aliphatic heterocycles. The lowest BCUT2D eigenvalue weighted by molar-refractivity contribution is -0.135. The quantitative estimate of drug-likeness (QED) is 0.258. The van der Waals surface area contributed by atoms with Gasteiger partial charge in [-0.1, -0.05) is 26.3 Å². The Labute approximate surface area is 141 Å². The minimum Gasteiger partial charge on any atom is -0.477 e. The van der Waals surface area contributed by atoms with Crippen LogP contribution in [0.3, 0.4) is 0 Å². The van der Waals surface area contributed by atoms with E-state index in [-0.39, 0.29) is 22.9 Å². The number of aliphatic hydroxyl groups is 1. The number of thioether (sulfide) groups is 1. The predicted octanol–water partition coefficient (Wildman–Crippen LogP) is 1.69. The molecular weight excluding hydrogens is 316 g/mol. The molecule has 1 saturated carbocycles. The number of hydrogen-bond donors (Lipinski definition) is 4. The number of carbonyl (C=O) groups is 2. The maximum absolute atomic E-state index is 11.9. The fraction of sp³-hybridized carbons (Fsp3) is 0.750. The molecule has 6 nitrogen and oxygen atoms in total. The van der Waals surface area contributed by atoms with E-state index in [2.05, 4.69) is 5.32 Å². The van der Waals surface area contributed by atoms with E-state index >= 15 is 0 Å². The van der Waals surface area contributed by atoms with E-state index in [1.54, 1.807) is 17.8 Å². The van der Waals surface area contributed by atoms with Crippen molar-refractivity contribution < 1.29 is 19.8 Å². The number of nitrogens with two attached hydrogens (primary N) is 1. The van der Waals surface area contributed by atoms with E-state index in [4.69, 9.17) is 15.9 Å². The molecule has 1 aliphatic rings. The van der Waals surface area contributed by atoms with Gasteiger partial charge in [-0.25, -0.2) is 4.79 Å². The van der Waals surface area contributed by atoms with Crippen LogP contribution >= 0.6 is 11.8 Å². The highest BCUT2D eigenvalue weighted by Crippen LogP contribution is 2.51. The highest BCUT2D eigenvalue weighted by molar-refractivity contribution is 7.99. The average Bonchev–Trinajstić information content (AvgIpc) is 3.08. The largest absolute Gasteiger partial charge is 0.477 e. The minimum absolute atomic E-state index is 0.0114. The Morgan fingerprint density at radius 1 is 1.39 bits per heavy atom. The second-order valence-corrected chi connectivity index (χ2v) is 7.80. The summed E-state index contributed by atoms with van der Waals surface area (Å²) in [4.78, 5) is 23.1. The number of carboxylic acids is 1. The number of rotatable bonds is 11. The van der Waals surface area contributed by atoms with E-state index in [1.807, 2.05) is 13.8 Å². The van der Waals surface area contributed by atoms with Crippen molar-refractivity contribution in [2.24, 2.45) is 17.1 Å². The summed E-state index contributed by atoms with van der Waals surface area (Å²) in [5.74, 6) is 0.0917. The summed E-state index contributed by atoms with van der Waals surface area (Å²) in [5, 5.41) is 20.6. The van der Waals surface area contributed by atoms with Crippen LogP contribution in [0.4, 0.5) is 0 Å². The summed E-state index contributed by atoms with van der Waals surface area (Å²) >= 11 is 1.61. The Kier molecular flexibility index (Phi) is 8.08. The molecule has 1 rings (SSSR count). The first-order chi connectivity index (χ1) is 10.7. The number of nitrogens with one attached hydrogen (secondary N) is 1. The number of unbranched alkanes of at least 4 members (excludes halogenated alkanes) is 3. The number of carboxylic acid groups (broad SMARTS) is 1. The first-order valence-electron chi connectivity index (χ1n) is 8.00. The molecule has 0 heterocycles. The number of allylic oxidation sites excluding steroid dienone is 1. The number of aliphatic carboxylic acids is 1. The first-order valence-corrected chi connectivity index (χ1v) is 9.15. The molecule has 7 heteroatoms.